The maximum Gasteiger partial charge on any atom is 0.310 e. The number of esters is 1. The van der Waals surface area contributed by atoms with Gasteiger partial charge in [0.2, 0.25) is 29.7 Å². The molecule has 6 aliphatic heterocycles. The second kappa shape index (κ2) is 42.8. The fourth-order valence-electron chi connectivity index (χ4n) is 17.4. The van der Waals surface area contributed by atoms with Crippen LogP contribution in [0.5, 0.6) is 0 Å². The number of nitrogens with zero attached hydrogens (tertiary/aromatic N) is 12. The second-order valence-corrected chi connectivity index (χ2v) is 37.4. The number of halogens is 5. The number of rotatable bonds is 20. The maximum absolute atomic E-state index is 13.4. The summed E-state index contributed by atoms with van der Waals surface area (Å²) < 4.78 is 4.74. The van der Waals surface area contributed by atoms with Gasteiger partial charge in [-0.1, -0.05) is 71.3 Å². The molecule has 0 saturated carbocycles. The summed E-state index contributed by atoms with van der Waals surface area (Å²) in [6.45, 7) is 45.6. The van der Waals surface area contributed by atoms with E-state index in [0.29, 0.717) is 132 Å². The summed E-state index contributed by atoms with van der Waals surface area (Å²) in [7, 11) is 0. The molecule has 0 atom stereocenters. The number of anilines is 7. The Morgan fingerprint density at radius 1 is 0.556 bits per heavy atom. The van der Waals surface area contributed by atoms with Crippen molar-refractivity contribution in [3.05, 3.63) is 84.5 Å². The van der Waals surface area contributed by atoms with E-state index >= 15 is 0 Å². The molecule has 12 heterocycles. The van der Waals surface area contributed by atoms with E-state index in [0.717, 1.165) is 70.0 Å². The monoisotopic (exact) mass is 1730 g/mol. The van der Waals surface area contributed by atoms with Gasteiger partial charge in [0.1, 0.15) is 43.2 Å². The molecule has 0 aliphatic carbocycles. The molecular weight excluding hydrogens is 1600 g/mol. The van der Waals surface area contributed by atoms with E-state index in [4.69, 9.17) is 106 Å². The van der Waals surface area contributed by atoms with Gasteiger partial charge in [0.05, 0.1) is 43.8 Å². The number of ether oxygens (including phenoxy) is 1. The van der Waals surface area contributed by atoms with Crippen LogP contribution in [0.4, 0.5) is 41.2 Å². The van der Waals surface area contributed by atoms with Crippen molar-refractivity contribution in [1.29, 1.82) is 0 Å². The van der Waals surface area contributed by atoms with E-state index in [1.54, 1.807) is 41.4 Å². The fourth-order valence-corrected chi connectivity index (χ4v) is 18.8. The number of nitrogen functional groups attached to an aromatic ring is 4. The number of aliphatic hydroxyl groups excluding tert-OH is 1. The van der Waals surface area contributed by atoms with Crippen molar-refractivity contribution in [2.45, 2.75) is 259 Å². The van der Waals surface area contributed by atoms with E-state index in [9.17, 15) is 19.2 Å². The number of H-pyrrole nitrogens is 2. The van der Waals surface area contributed by atoms with E-state index in [1.165, 1.54) is 19.0 Å². The van der Waals surface area contributed by atoms with Crippen molar-refractivity contribution < 1.29 is 38.8 Å². The molecule has 0 bridgehead atoms. The largest absolute Gasteiger partial charge is 0.466 e. The molecule has 4 fully saturated rings. The third-order valence-corrected chi connectivity index (χ3v) is 21.2. The van der Waals surface area contributed by atoms with Gasteiger partial charge < -0.3 is 75.1 Å². The predicted octanol–water partition coefficient (Wildman–Crippen LogP) is 12.2. The van der Waals surface area contributed by atoms with Gasteiger partial charge in [-0.3, -0.25) is 29.0 Å². The first-order chi connectivity index (χ1) is 54.5. The molecule has 117 heavy (non-hydrogen) atoms. The molecule has 0 unspecified atom stereocenters. The number of unbranched alkanes of at least 4 members (excludes halogenated alkanes) is 1. The number of nitrogens with one attached hydrogen (secondary N) is 7. The Bertz CT molecular complexity index is 4190. The summed E-state index contributed by atoms with van der Waals surface area (Å²) >= 11 is 30.3. The Balaban J connectivity index is 0.000000224. The van der Waals surface area contributed by atoms with Crippen LogP contribution in [0.2, 0.25) is 25.8 Å². The summed E-state index contributed by atoms with van der Waals surface area (Å²) in [6.07, 6.45) is 20.1. The quantitative estimate of drug-likeness (QED) is 0.00642. The lowest BCUT2D eigenvalue weighted by Gasteiger charge is -2.47. The van der Waals surface area contributed by atoms with Gasteiger partial charge in [0, 0.05) is 118 Å². The minimum absolute atomic E-state index is 0.0206. The number of aldehydes is 1. The number of hydrogen-bond donors (Lipinski definition) is 13. The van der Waals surface area contributed by atoms with E-state index in [-0.39, 0.29) is 113 Å². The highest BCUT2D eigenvalue weighted by Gasteiger charge is 2.45. The summed E-state index contributed by atoms with van der Waals surface area (Å²) in [5.74, 6) is 4.31. The number of aromatic amines is 2. The topological polar surface area (TPSA) is 473 Å². The number of carbonyl (C=O) groups excluding carboxylic acids is 4. The van der Waals surface area contributed by atoms with Crippen LogP contribution >= 0.6 is 58.0 Å². The summed E-state index contributed by atoms with van der Waals surface area (Å²) in [5.41, 5.74) is 31.9. The number of imidazole rings is 2. The van der Waals surface area contributed by atoms with Gasteiger partial charge >= 0.3 is 5.97 Å². The van der Waals surface area contributed by atoms with Crippen LogP contribution in [0.3, 0.4) is 0 Å². The molecular formula is C80H127Cl5N24O8. The van der Waals surface area contributed by atoms with Gasteiger partial charge in [0.25, 0.3) is 5.91 Å². The molecule has 18 N–H and O–H groups in total. The summed E-state index contributed by atoms with van der Waals surface area (Å²) in [4.78, 5) is 106. The van der Waals surface area contributed by atoms with E-state index in [2.05, 4.69) is 204 Å². The van der Waals surface area contributed by atoms with Gasteiger partial charge in [-0.15, -0.1) is 0 Å². The molecule has 6 aromatic rings. The Morgan fingerprint density at radius 3 is 1.41 bits per heavy atom. The van der Waals surface area contributed by atoms with Gasteiger partial charge in [-0.2, -0.15) is 15.0 Å². The van der Waals surface area contributed by atoms with E-state index < -0.39 is 5.97 Å². The minimum atomic E-state index is -0.435. The standard InChI is InChI=1S/C20H26ClN7O.C18H32ClN5O2.C16H24ClN5O.C10H22N2.C8H9Cl2N3O2.C4H4N2O.C4H10O/c1-19(2)8-11(9-20(3,4)27-19)10-28-16-14(15(21)25-18(22)26-16)12(17(28)29)7-13-23-5-6-24-13;1-6-25-26-8-7-13-14(19)22-16(20)23-15(13)21-11-12-9-17(2,3)24-18(4,5)10-12;1-15(2)6-9(7-16(3,4)21-15)8-22-11(23)5-10-12(17)19-14(18)20-13(10)22;1-9(2)5-8(7-11)6-10(3,4)12-9;1-2-15-5(14)3-4-6(9)12-8(11)13-7(4)10;7-3-4-5-1-2-6-4;1-2-3-4-5/h5-7,11,27H,8-10H2,1-4H3,(H,23,24)(H2,22,25,26);12,24H,6-11H2,1-5H3,(H3,20,21,22,23);9,21H,5-8H2,1-4H3,(H2,18,19,20);8,12H,5-7,11H2,1-4H3;2-3H2,1H3,(H2,11,12,13);1-3H,(H,5,6);5H,2-4H2,1H3/b12-7-;;;;;;. The molecule has 6 aromatic heterocycles. The lowest BCUT2D eigenvalue weighted by Crippen LogP contribution is -2.59. The third-order valence-electron chi connectivity index (χ3n) is 19.7. The first kappa shape index (κ1) is 98.5. The Kier molecular flexibility index (Phi) is 36.0. The first-order valence-corrected chi connectivity index (χ1v) is 41.7. The lowest BCUT2D eigenvalue weighted by atomic mass is 9.75. The van der Waals surface area contributed by atoms with Crippen LogP contribution in [0.1, 0.15) is 234 Å². The second-order valence-electron chi connectivity index (χ2n) is 35.6. The average Bonchev–Trinajstić information content (AvgIpc) is 1.60. The van der Waals surface area contributed by atoms with Crippen molar-refractivity contribution in [2.24, 2.45) is 29.4 Å². The number of carbonyl (C=O) groups is 4. The van der Waals surface area contributed by atoms with Crippen molar-refractivity contribution in [1.82, 2.24) is 81.1 Å². The number of piperidine rings is 4. The highest BCUT2D eigenvalue weighted by Crippen LogP contribution is 2.44. The van der Waals surface area contributed by atoms with Crippen molar-refractivity contribution in [3.63, 3.8) is 0 Å². The fraction of sp³-hybridized carbons (Fsp3) is 0.650. The minimum Gasteiger partial charge on any atom is -0.466 e. The van der Waals surface area contributed by atoms with Crippen molar-refractivity contribution in [3.8, 4) is 0 Å². The molecule has 0 aromatic carbocycles. The normalized spacial score (nSPS) is 19.5. The highest BCUT2D eigenvalue weighted by atomic mass is 35.5. The lowest BCUT2D eigenvalue weighted by molar-refractivity contribution is -0.290. The highest BCUT2D eigenvalue weighted by molar-refractivity contribution is 6.41. The Labute approximate surface area is 714 Å². The molecule has 2 amide bonds. The summed E-state index contributed by atoms with van der Waals surface area (Å²) in [6, 6.07) is 0. The predicted molar refractivity (Wildman–Crippen MR) is 467 cm³/mol. The average molecular weight is 1730 g/mol. The van der Waals surface area contributed by atoms with Crippen molar-refractivity contribution in [2.75, 3.05) is 90.7 Å². The first-order valence-electron chi connectivity index (χ1n) is 39.8. The van der Waals surface area contributed by atoms with Gasteiger partial charge in [-0.25, -0.2) is 44.7 Å². The van der Waals surface area contributed by atoms with Gasteiger partial charge in [-0.05, 0) is 219 Å². The number of hydrogen-bond acceptors (Lipinski definition) is 28. The number of amides is 2. The van der Waals surface area contributed by atoms with Crippen LogP contribution in [0.25, 0.3) is 11.6 Å². The molecule has 650 valence electrons. The SMILES string of the molecule is CC1(C)CC(CN)CC(C)(C)N1.CC1(C)CC(CN2C(=O)/C(=C\c3ncc[nH]3)c3c(Cl)nc(N)nc32)CC(C)(C)N1.CC1(C)CC(CN2C(=O)Cc3c(Cl)nc(N)nc32)CC(C)(C)N1.CCCCO.CCOC(=O)Cc1c(Cl)nc(N)nc1Cl.CCOOCCc1c(Cl)nc(N)nc1NCC1CC(C)(C)NC(C)(C)C1.O=Cc1ncc[nH]1. The molecule has 37 heteroatoms. The van der Waals surface area contributed by atoms with Gasteiger partial charge in [0.15, 0.2) is 17.9 Å². The number of aliphatic hydroxyl groups is 1. The molecule has 6 aliphatic rings. The van der Waals surface area contributed by atoms with Crippen LogP contribution < -0.4 is 65.1 Å². The van der Waals surface area contributed by atoms with Crippen LogP contribution in [0, 0.1) is 23.7 Å². The molecule has 0 radical (unpaired) electrons. The molecule has 0 spiro atoms. The van der Waals surface area contributed by atoms with Crippen molar-refractivity contribution >= 4 is 135 Å². The number of fused-ring (bicyclic) bond motifs is 2. The Morgan fingerprint density at radius 2 is 0.983 bits per heavy atom. The number of aromatic nitrogens is 12. The van der Waals surface area contributed by atoms with Crippen LogP contribution in [-0.4, -0.2) is 186 Å². The van der Waals surface area contributed by atoms with Crippen LogP contribution in [0.15, 0.2) is 24.8 Å². The smallest absolute Gasteiger partial charge is 0.310 e. The Hall–Kier alpha value is -7.31. The maximum atomic E-state index is 13.4. The molecule has 12 rings (SSSR count). The zero-order valence-corrected chi connectivity index (χ0v) is 75.4. The summed E-state index contributed by atoms with van der Waals surface area (Å²) in [5, 5.41) is 27.2. The van der Waals surface area contributed by atoms with Crippen LogP contribution in [-0.2, 0) is 48.2 Å². The zero-order chi connectivity index (χ0) is 87.4. The van der Waals surface area contributed by atoms with E-state index in [1.807, 2.05) is 6.92 Å². The third kappa shape index (κ3) is 31.3. The molecule has 32 nitrogen and oxygen atoms in total. The zero-order valence-electron chi connectivity index (χ0n) is 71.6. The molecule has 4 saturated heterocycles. The number of nitrogens with two attached hydrogens (primary N) is 5.